The van der Waals surface area contributed by atoms with Crippen molar-refractivity contribution in [3.63, 3.8) is 0 Å². The quantitative estimate of drug-likeness (QED) is 0.838. The van der Waals surface area contributed by atoms with E-state index in [0.717, 1.165) is 19.1 Å². The monoisotopic (exact) mass is 284 g/mol. The molecule has 0 saturated carbocycles. The Morgan fingerprint density at radius 2 is 1.95 bits per heavy atom. The van der Waals surface area contributed by atoms with E-state index in [4.69, 9.17) is 0 Å². The predicted molar refractivity (Wildman–Crippen MR) is 76.7 cm³/mol. The molecule has 1 rings (SSSR count). The van der Waals surface area contributed by atoms with Crippen LogP contribution in [0.25, 0.3) is 0 Å². The second kappa shape index (κ2) is 6.56. The number of sulfonamides is 1. The van der Waals surface area contributed by atoms with E-state index in [9.17, 15) is 13.2 Å². The number of hydrogen-bond donors (Lipinski definition) is 2. The second-order valence-electron chi connectivity index (χ2n) is 4.58. The number of carbonyl (C=O) groups is 1. The Balaban J connectivity index is 2.91. The first-order valence-electron chi connectivity index (χ1n) is 6.21. The van der Waals surface area contributed by atoms with Gasteiger partial charge < -0.3 is 5.32 Å². The number of carbonyl (C=O) groups excluding carboxylic acids is 1. The van der Waals surface area contributed by atoms with Gasteiger partial charge in [0.2, 0.25) is 10.0 Å². The minimum atomic E-state index is -3.40. The lowest BCUT2D eigenvalue weighted by Crippen LogP contribution is -2.33. The molecule has 0 saturated heterocycles. The highest BCUT2D eigenvalue weighted by atomic mass is 32.2. The summed E-state index contributed by atoms with van der Waals surface area (Å²) in [5.41, 5.74) is 0.627. The lowest BCUT2D eigenvalue weighted by molar-refractivity contribution is 0.0939. The molecule has 106 valence electrons. The molecular weight excluding hydrogens is 264 g/mol. The standard InChI is InChI=1S/C13H20N2O3S/c1-4-7-10(2)14-13(16)11-8-5-6-9-12(11)15-19(3,17)18/h5-6,8-10,15H,4,7H2,1-3H3,(H,14,16)/t10-/m0/s1. The van der Waals surface area contributed by atoms with Gasteiger partial charge in [-0.15, -0.1) is 0 Å². The molecule has 0 aliphatic rings. The summed E-state index contributed by atoms with van der Waals surface area (Å²) in [4.78, 5) is 12.1. The van der Waals surface area contributed by atoms with Crippen molar-refractivity contribution in [1.29, 1.82) is 0 Å². The van der Waals surface area contributed by atoms with E-state index in [1.165, 1.54) is 0 Å². The number of hydrogen-bond acceptors (Lipinski definition) is 3. The topological polar surface area (TPSA) is 75.3 Å². The maximum absolute atomic E-state index is 12.1. The maximum atomic E-state index is 12.1. The number of benzene rings is 1. The van der Waals surface area contributed by atoms with E-state index < -0.39 is 10.0 Å². The van der Waals surface area contributed by atoms with Crippen molar-refractivity contribution in [2.24, 2.45) is 0 Å². The van der Waals surface area contributed by atoms with Gasteiger partial charge in [-0.1, -0.05) is 25.5 Å². The van der Waals surface area contributed by atoms with Crippen LogP contribution in [-0.4, -0.2) is 26.6 Å². The smallest absolute Gasteiger partial charge is 0.253 e. The van der Waals surface area contributed by atoms with Crippen LogP contribution in [0.5, 0.6) is 0 Å². The molecule has 2 N–H and O–H groups in total. The zero-order valence-corrected chi connectivity index (χ0v) is 12.3. The number of rotatable bonds is 6. The van der Waals surface area contributed by atoms with Gasteiger partial charge in [-0.2, -0.15) is 0 Å². The first-order valence-corrected chi connectivity index (χ1v) is 8.10. The van der Waals surface area contributed by atoms with Crippen molar-refractivity contribution < 1.29 is 13.2 Å². The highest BCUT2D eigenvalue weighted by Crippen LogP contribution is 2.16. The molecule has 19 heavy (non-hydrogen) atoms. The summed E-state index contributed by atoms with van der Waals surface area (Å²) in [6.07, 6.45) is 2.92. The SMILES string of the molecule is CCC[C@H](C)NC(=O)c1ccccc1NS(C)(=O)=O. The van der Waals surface area contributed by atoms with Gasteiger partial charge >= 0.3 is 0 Å². The highest BCUT2D eigenvalue weighted by Gasteiger charge is 2.15. The molecule has 0 aliphatic carbocycles. The van der Waals surface area contributed by atoms with E-state index in [-0.39, 0.29) is 11.9 Å². The Morgan fingerprint density at radius 1 is 1.32 bits per heavy atom. The maximum Gasteiger partial charge on any atom is 0.253 e. The van der Waals surface area contributed by atoms with Gasteiger partial charge in [-0.3, -0.25) is 9.52 Å². The zero-order chi connectivity index (χ0) is 14.5. The highest BCUT2D eigenvalue weighted by molar-refractivity contribution is 7.92. The minimum Gasteiger partial charge on any atom is -0.350 e. The number of amides is 1. The number of para-hydroxylation sites is 1. The average molecular weight is 284 g/mol. The molecule has 0 bridgehead atoms. The Morgan fingerprint density at radius 3 is 2.53 bits per heavy atom. The normalized spacial score (nSPS) is 12.8. The van der Waals surface area contributed by atoms with Gasteiger partial charge in [0.1, 0.15) is 0 Å². The molecule has 0 spiro atoms. The molecule has 1 atom stereocenters. The molecule has 0 heterocycles. The number of anilines is 1. The van der Waals surface area contributed by atoms with Crippen LogP contribution in [0.4, 0.5) is 5.69 Å². The zero-order valence-electron chi connectivity index (χ0n) is 11.4. The molecule has 1 amide bonds. The molecule has 1 aromatic rings. The van der Waals surface area contributed by atoms with Gasteiger partial charge in [0.05, 0.1) is 17.5 Å². The Kier molecular flexibility index (Phi) is 5.35. The first-order chi connectivity index (χ1) is 8.83. The molecule has 0 unspecified atom stereocenters. The lowest BCUT2D eigenvalue weighted by Gasteiger charge is -2.15. The molecular formula is C13H20N2O3S. The largest absolute Gasteiger partial charge is 0.350 e. The molecule has 5 nitrogen and oxygen atoms in total. The van der Waals surface area contributed by atoms with Gasteiger partial charge in [0, 0.05) is 6.04 Å². The number of nitrogens with one attached hydrogen (secondary N) is 2. The van der Waals surface area contributed by atoms with Gasteiger partial charge in [-0.25, -0.2) is 8.42 Å². The second-order valence-corrected chi connectivity index (χ2v) is 6.33. The summed E-state index contributed by atoms with van der Waals surface area (Å²) in [7, 11) is -3.40. The van der Waals surface area contributed by atoms with Crippen molar-refractivity contribution in [1.82, 2.24) is 5.32 Å². The third-order valence-electron chi connectivity index (χ3n) is 2.57. The van der Waals surface area contributed by atoms with Gasteiger partial charge in [0.25, 0.3) is 5.91 Å². The van der Waals surface area contributed by atoms with Crippen molar-refractivity contribution >= 4 is 21.6 Å². The van der Waals surface area contributed by atoms with Gasteiger partial charge in [-0.05, 0) is 25.5 Å². The molecule has 0 aliphatic heterocycles. The van der Waals surface area contributed by atoms with Crippen LogP contribution in [0, 0.1) is 0 Å². The van der Waals surface area contributed by atoms with Crippen molar-refractivity contribution in [2.45, 2.75) is 32.7 Å². The van der Waals surface area contributed by atoms with Crippen molar-refractivity contribution in [2.75, 3.05) is 11.0 Å². The Hall–Kier alpha value is -1.56. The summed E-state index contributed by atoms with van der Waals surface area (Å²) in [6, 6.07) is 6.61. The Labute approximate surface area is 114 Å². The van der Waals surface area contributed by atoms with E-state index >= 15 is 0 Å². The fourth-order valence-corrected chi connectivity index (χ4v) is 2.35. The molecule has 0 aromatic heterocycles. The summed E-state index contributed by atoms with van der Waals surface area (Å²) in [5, 5.41) is 2.85. The van der Waals surface area contributed by atoms with Crippen LogP contribution in [0.2, 0.25) is 0 Å². The van der Waals surface area contributed by atoms with Crippen LogP contribution >= 0.6 is 0 Å². The predicted octanol–water partition coefficient (Wildman–Crippen LogP) is 1.98. The van der Waals surface area contributed by atoms with E-state index in [1.807, 2.05) is 13.8 Å². The van der Waals surface area contributed by atoms with E-state index in [0.29, 0.717) is 11.3 Å². The van der Waals surface area contributed by atoms with Crippen LogP contribution < -0.4 is 10.0 Å². The molecule has 0 radical (unpaired) electrons. The Bertz CT molecular complexity index is 541. The third kappa shape index (κ3) is 5.30. The van der Waals surface area contributed by atoms with Crippen LogP contribution in [0.3, 0.4) is 0 Å². The molecule has 0 fully saturated rings. The lowest BCUT2D eigenvalue weighted by atomic mass is 10.1. The van der Waals surface area contributed by atoms with E-state index in [2.05, 4.69) is 10.0 Å². The summed E-state index contributed by atoms with van der Waals surface area (Å²) >= 11 is 0. The van der Waals surface area contributed by atoms with Crippen molar-refractivity contribution in [3.05, 3.63) is 29.8 Å². The first kappa shape index (κ1) is 15.5. The van der Waals surface area contributed by atoms with Crippen LogP contribution in [0.15, 0.2) is 24.3 Å². The molecule has 1 aromatic carbocycles. The average Bonchev–Trinajstić information content (AvgIpc) is 2.27. The summed E-state index contributed by atoms with van der Waals surface area (Å²) in [6.45, 7) is 3.97. The third-order valence-corrected chi connectivity index (χ3v) is 3.16. The molecule has 6 heteroatoms. The van der Waals surface area contributed by atoms with Crippen molar-refractivity contribution in [3.8, 4) is 0 Å². The summed E-state index contributed by atoms with van der Waals surface area (Å²) in [5.74, 6) is -0.271. The summed E-state index contributed by atoms with van der Waals surface area (Å²) < 4.78 is 24.9. The minimum absolute atomic E-state index is 0.0591. The van der Waals surface area contributed by atoms with Gasteiger partial charge in [0.15, 0.2) is 0 Å². The fourth-order valence-electron chi connectivity index (χ4n) is 1.78. The van der Waals surface area contributed by atoms with Crippen LogP contribution in [-0.2, 0) is 10.0 Å². The van der Waals surface area contributed by atoms with E-state index in [1.54, 1.807) is 24.3 Å². The fraction of sp³-hybridized carbons (Fsp3) is 0.462. The van der Waals surface area contributed by atoms with Crippen LogP contribution in [0.1, 0.15) is 37.0 Å².